The minimum atomic E-state index is -0.375. The molecule has 0 atom stereocenters. The summed E-state index contributed by atoms with van der Waals surface area (Å²) in [6, 6.07) is 16.1. The van der Waals surface area contributed by atoms with Crippen LogP contribution < -0.4 is 15.8 Å². The van der Waals surface area contributed by atoms with Gasteiger partial charge in [-0.05, 0) is 47.9 Å². The second kappa shape index (κ2) is 7.40. The summed E-state index contributed by atoms with van der Waals surface area (Å²) in [5.74, 6) is -0.360. The first-order chi connectivity index (χ1) is 13.6. The third-order valence-electron chi connectivity index (χ3n) is 4.40. The molecule has 7 heteroatoms. The smallest absolute Gasteiger partial charge is 0.414 e. The second-order valence-corrected chi connectivity index (χ2v) is 6.28. The molecule has 1 aromatic heterocycles. The maximum atomic E-state index is 12.2. The Labute approximate surface area is 160 Å². The topological polar surface area (TPSA) is 91.5 Å². The third-order valence-corrected chi connectivity index (χ3v) is 4.40. The van der Waals surface area contributed by atoms with Crippen LogP contribution in [0, 0.1) is 0 Å². The third kappa shape index (κ3) is 3.64. The maximum absolute atomic E-state index is 12.2. The first kappa shape index (κ1) is 17.5. The number of benzene rings is 2. The standard InChI is InChI=1S/C21H17N3O4/c25-19(10-5-15-13-14-3-1-2-4-18(14)23-20(15)26)22-16-6-8-17(9-7-16)24-11-12-28-21(24)27/h1-10,13H,11-12H2,(H,22,25)(H,23,26)/b10-5+. The maximum Gasteiger partial charge on any atom is 0.414 e. The summed E-state index contributed by atoms with van der Waals surface area (Å²) in [4.78, 5) is 40.1. The molecule has 2 heterocycles. The number of aromatic amines is 1. The highest BCUT2D eigenvalue weighted by Crippen LogP contribution is 2.21. The lowest BCUT2D eigenvalue weighted by Gasteiger charge is -2.13. The summed E-state index contributed by atoms with van der Waals surface area (Å²) in [6.07, 6.45) is 2.42. The van der Waals surface area contributed by atoms with Gasteiger partial charge in [0, 0.05) is 28.5 Å². The van der Waals surface area contributed by atoms with Gasteiger partial charge in [0.15, 0.2) is 0 Å². The number of fused-ring (bicyclic) bond motifs is 1. The van der Waals surface area contributed by atoms with Gasteiger partial charge in [-0.2, -0.15) is 0 Å². The number of anilines is 2. The van der Waals surface area contributed by atoms with Crippen molar-refractivity contribution in [1.82, 2.24) is 4.98 Å². The Morgan fingerprint density at radius 3 is 2.64 bits per heavy atom. The lowest BCUT2D eigenvalue weighted by atomic mass is 10.1. The molecule has 1 fully saturated rings. The van der Waals surface area contributed by atoms with Crippen LogP contribution in [-0.4, -0.2) is 30.1 Å². The normalized spacial score (nSPS) is 13.9. The molecule has 7 nitrogen and oxygen atoms in total. The number of para-hydroxylation sites is 1. The van der Waals surface area contributed by atoms with E-state index in [1.807, 2.05) is 24.3 Å². The molecule has 0 spiro atoms. The second-order valence-electron chi connectivity index (χ2n) is 6.28. The zero-order valence-electron chi connectivity index (χ0n) is 14.8. The van der Waals surface area contributed by atoms with Crippen LogP contribution in [0.5, 0.6) is 0 Å². The minimum Gasteiger partial charge on any atom is -0.447 e. The van der Waals surface area contributed by atoms with E-state index in [0.29, 0.717) is 30.1 Å². The number of carbonyl (C=O) groups excluding carboxylic acids is 2. The molecule has 0 aliphatic carbocycles. The highest BCUT2D eigenvalue weighted by atomic mass is 16.6. The van der Waals surface area contributed by atoms with Gasteiger partial charge >= 0.3 is 6.09 Å². The van der Waals surface area contributed by atoms with Crippen molar-refractivity contribution in [3.63, 3.8) is 0 Å². The van der Waals surface area contributed by atoms with Crippen molar-refractivity contribution in [2.75, 3.05) is 23.4 Å². The molecule has 0 unspecified atom stereocenters. The van der Waals surface area contributed by atoms with Crippen LogP contribution in [0.25, 0.3) is 17.0 Å². The fraction of sp³-hybridized carbons (Fsp3) is 0.0952. The Morgan fingerprint density at radius 1 is 1.11 bits per heavy atom. The molecule has 1 aliphatic heterocycles. The molecule has 140 valence electrons. The Balaban J connectivity index is 1.45. The molecule has 3 aromatic rings. The number of pyridine rings is 1. The average molecular weight is 375 g/mol. The number of H-pyrrole nitrogens is 1. The number of rotatable bonds is 4. The van der Waals surface area contributed by atoms with E-state index in [0.717, 1.165) is 10.9 Å². The average Bonchev–Trinajstić information content (AvgIpc) is 3.13. The predicted molar refractivity (Wildman–Crippen MR) is 107 cm³/mol. The number of hydrogen-bond acceptors (Lipinski definition) is 4. The van der Waals surface area contributed by atoms with Gasteiger partial charge in [0.25, 0.3) is 5.56 Å². The summed E-state index contributed by atoms with van der Waals surface area (Å²) in [5, 5.41) is 3.61. The lowest BCUT2D eigenvalue weighted by Crippen LogP contribution is -2.23. The number of ether oxygens (including phenoxy) is 1. The number of hydrogen-bond donors (Lipinski definition) is 2. The Hall–Kier alpha value is -3.87. The van der Waals surface area contributed by atoms with Crippen molar-refractivity contribution in [3.8, 4) is 0 Å². The summed E-state index contributed by atoms with van der Waals surface area (Å²) < 4.78 is 4.91. The van der Waals surface area contributed by atoms with Crippen molar-refractivity contribution >= 4 is 40.4 Å². The van der Waals surface area contributed by atoms with E-state index in [4.69, 9.17) is 4.74 Å². The van der Waals surface area contributed by atoms with Crippen molar-refractivity contribution < 1.29 is 14.3 Å². The number of aromatic nitrogens is 1. The minimum absolute atomic E-state index is 0.260. The Bertz CT molecular complexity index is 1130. The van der Waals surface area contributed by atoms with E-state index in [-0.39, 0.29) is 17.6 Å². The molecule has 1 saturated heterocycles. The van der Waals surface area contributed by atoms with Crippen LogP contribution in [-0.2, 0) is 9.53 Å². The van der Waals surface area contributed by atoms with Gasteiger partial charge in [-0.25, -0.2) is 4.79 Å². The largest absolute Gasteiger partial charge is 0.447 e. The van der Waals surface area contributed by atoms with Gasteiger partial charge in [0.2, 0.25) is 5.91 Å². The highest BCUT2D eigenvalue weighted by molar-refractivity contribution is 6.02. The molecule has 2 amide bonds. The summed E-state index contributed by atoms with van der Waals surface area (Å²) in [5.41, 5.74) is 2.18. The number of carbonyl (C=O) groups is 2. The first-order valence-electron chi connectivity index (χ1n) is 8.76. The van der Waals surface area contributed by atoms with Crippen LogP contribution in [0.15, 0.2) is 65.5 Å². The molecule has 4 rings (SSSR count). The number of nitrogens with zero attached hydrogens (tertiary/aromatic N) is 1. The van der Waals surface area contributed by atoms with Crippen molar-refractivity contribution in [2.45, 2.75) is 0 Å². The van der Waals surface area contributed by atoms with E-state index in [1.54, 1.807) is 30.3 Å². The predicted octanol–water partition coefficient (Wildman–Crippen LogP) is 3.14. The number of amides is 2. The Kier molecular flexibility index (Phi) is 4.63. The van der Waals surface area contributed by atoms with E-state index in [1.165, 1.54) is 17.1 Å². The lowest BCUT2D eigenvalue weighted by molar-refractivity contribution is -0.111. The highest BCUT2D eigenvalue weighted by Gasteiger charge is 2.23. The van der Waals surface area contributed by atoms with Crippen LogP contribution in [0.2, 0.25) is 0 Å². The summed E-state index contributed by atoms with van der Waals surface area (Å²) >= 11 is 0. The fourth-order valence-electron chi connectivity index (χ4n) is 2.99. The van der Waals surface area contributed by atoms with Gasteiger partial charge < -0.3 is 15.0 Å². The zero-order chi connectivity index (χ0) is 19.5. The Morgan fingerprint density at radius 2 is 1.89 bits per heavy atom. The van der Waals surface area contributed by atoms with Crippen LogP contribution in [0.4, 0.5) is 16.2 Å². The molecule has 0 bridgehead atoms. The van der Waals surface area contributed by atoms with Crippen LogP contribution in [0.1, 0.15) is 5.56 Å². The molecule has 0 radical (unpaired) electrons. The molecule has 2 aromatic carbocycles. The molecule has 1 aliphatic rings. The number of cyclic esters (lactones) is 1. The van der Waals surface area contributed by atoms with Gasteiger partial charge in [-0.1, -0.05) is 18.2 Å². The monoisotopic (exact) mass is 375 g/mol. The van der Waals surface area contributed by atoms with Crippen molar-refractivity contribution in [1.29, 1.82) is 0 Å². The molecular formula is C21H17N3O4. The van der Waals surface area contributed by atoms with Crippen LogP contribution >= 0.6 is 0 Å². The van der Waals surface area contributed by atoms with E-state index >= 15 is 0 Å². The van der Waals surface area contributed by atoms with E-state index < -0.39 is 0 Å². The zero-order valence-corrected chi connectivity index (χ0v) is 14.8. The molecule has 2 N–H and O–H groups in total. The molecule has 0 saturated carbocycles. The number of nitrogens with one attached hydrogen (secondary N) is 2. The van der Waals surface area contributed by atoms with Crippen LogP contribution in [0.3, 0.4) is 0 Å². The fourth-order valence-corrected chi connectivity index (χ4v) is 2.99. The first-order valence-corrected chi connectivity index (χ1v) is 8.76. The molecule has 28 heavy (non-hydrogen) atoms. The van der Waals surface area contributed by atoms with Gasteiger partial charge in [-0.15, -0.1) is 0 Å². The SMILES string of the molecule is O=C(/C=C/c1cc2ccccc2[nH]c1=O)Nc1ccc(N2CCOC2=O)cc1. The van der Waals surface area contributed by atoms with Gasteiger partial charge in [0.1, 0.15) is 6.61 Å². The van der Waals surface area contributed by atoms with Crippen molar-refractivity contribution in [2.24, 2.45) is 0 Å². The van der Waals surface area contributed by atoms with E-state index in [9.17, 15) is 14.4 Å². The summed E-state index contributed by atoms with van der Waals surface area (Å²) in [6.45, 7) is 0.879. The van der Waals surface area contributed by atoms with Gasteiger partial charge in [-0.3, -0.25) is 14.5 Å². The summed E-state index contributed by atoms with van der Waals surface area (Å²) in [7, 11) is 0. The van der Waals surface area contributed by atoms with Gasteiger partial charge in [0.05, 0.1) is 6.54 Å². The molecular weight excluding hydrogens is 358 g/mol. The quantitative estimate of drug-likeness (QED) is 0.686. The van der Waals surface area contributed by atoms with E-state index in [2.05, 4.69) is 10.3 Å². The van der Waals surface area contributed by atoms with Crippen molar-refractivity contribution in [3.05, 3.63) is 76.6 Å².